The number of nitrogens with one attached hydrogen (secondary N) is 1. The fourth-order valence-electron chi connectivity index (χ4n) is 3.42. The van der Waals surface area contributed by atoms with Crippen LogP contribution in [0.15, 0.2) is 41.6 Å². The van der Waals surface area contributed by atoms with E-state index >= 15 is 0 Å². The van der Waals surface area contributed by atoms with Gasteiger partial charge in [0, 0.05) is 6.42 Å². The molecule has 0 atom stereocenters. The Morgan fingerprint density at radius 1 is 1.23 bits per heavy atom. The van der Waals surface area contributed by atoms with E-state index in [9.17, 15) is 14.0 Å². The van der Waals surface area contributed by atoms with Gasteiger partial charge in [-0.15, -0.1) is 0 Å². The molecule has 2 aromatic heterocycles. The van der Waals surface area contributed by atoms with Gasteiger partial charge < -0.3 is 0 Å². The van der Waals surface area contributed by atoms with Gasteiger partial charge in [-0.05, 0) is 43.0 Å². The average molecular weight is 355 g/mol. The summed E-state index contributed by atoms with van der Waals surface area (Å²) in [5.41, 5.74) is 3.15. The van der Waals surface area contributed by atoms with Crippen LogP contribution in [-0.2, 0) is 4.79 Å². The van der Waals surface area contributed by atoms with Crippen molar-refractivity contribution in [1.29, 1.82) is 0 Å². The van der Waals surface area contributed by atoms with Crippen LogP contribution < -0.4 is 11.0 Å². The third-order valence-corrected chi connectivity index (χ3v) is 4.75. The number of fused-ring (bicyclic) bond motifs is 1. The van der Waals surface area contributed by atoms with Crippen molar-refractivity contribution in [2.75, 3.05) is 5.43 Å². The molecule has 3 aromatic rings. The minimum Gasteiger partial charge on any atom is -0.273 e. The second kappa shape index (κ2) is 6.70. The molecule has 0 radical (unpaired) electrons. The van der Waals surface area contributed by atoms with Crippen LogP contribution >= 0.6 is 0 Å². The van der Waals surface area contributed by atoms with E-state index in [2.05, 4.69) is 15.5 Å². The molecule has 1 aliphatic carbocycles. The van der Waals surface area contributed by atoms with Crippen LogP contribution in [0.4, 0.5) is 4.39 Å². The summed E-state index contributed by atoms with van der Waals surface area (Å²) >= 11 is 0. The lowest BCUT2D eigenvalue weighted by molar-refractivity contribution is -0.118. The third kappa shape index (κ3) is 3.10. The Morgan fingerprint density at radius 3 is 2.69 bits per heavy atom. The van der Waals surface area contributed by atoms with Crippen molar-refractivity contribution in [2.24, 2.45) is 5.92 Å². The van der Waals surface area contributed by atoms with E-state index in [1.165, 1.54) is 29.3 Å². The summed E-state index contributed by atoms with van der Waals surface area (Å²) in [5.74, 6) is -0.153. The molecule has 0 saturated heterocycles. The molecule has 4 rings (SSSR count). The molecule has 1 fully saturated rings. The van der Waals surface area contributed by atoms with Crippen LogP contribution in [0.5, 0.6) is 0 Å². The molecule has 2 heterocycles. The molecule has 1 aromatic carbocycles. The second-order valence-electron chi connectivity index (χ2n) is 6.58. The summed E-state index contributed by atoms with van der Waals surface area (Å²) in [4.78, 5) is 29.0. The van der Waals surface area contributed by atoms with Crippen molar-refractivity contribution in [3.8, 4) is 5.69 Å². The van der Waals surface area contributed by atoms with Crippen molar-refractivity contribution < 1.29 is 9.18 Å². The highest BCUT2D eigenvalue weighted by atomic mass is 19.1. The van der Waals surface area contributed by atoms with Gasteiger partial charge in [-0.25, -0.2) is 18.7 Å². The van der Waals surface area contributed by atoms with Gasteiger partial charge in [0.15, 0.2) is 5.65 Å². The first-order chi connectivity index (χ1) is 12.6. The largest absolute Gasteiger partial charge is 0.283 e. The molecule has 134 valence electrons. The molecule has 1 saturated carbocycles. The first kappa shape index (κ1) is 16.4. The molecular weight excluding hydrogens is 337 g/mol. The lowest BCUT2D eigenvalue weighted by Crippen LogP contribution is -2.33. The van der Waals surface area contributed by atoms with E-state index in [1.807, 2.05) is 0 Å². The van der Waals surface area contributed by atoms with Gasteiger partial charge in [0.2, 0.25) is 5.91 Å². The Hall–Kier alpha value is -3.03. The van der Waals surface area contributed by atoms with E-state index in [0.717, 1.165) is 30.4 Å². The monoisotopic (exact) mass is 355 g/mol. The standard InChI is InChI=1S/C18H18FN5O2/c19-13-5-7-14(8-6-13)24-17-15(10-21-24)18(26)23(11-20-17)22-16(25)9-12-3-1-2-4-12/h5-8,10-12H,1-4,9H2,(H,22,25). The Balaban J connectivity index is 1.60. The molecule has 1 aliphatic rings. The number of carbonyl (C=O) groups is 1. The van der Waals surface area contributed by atoms with Crippen LogP contribution in [-0.4, -0.2) is 25.3 Å². The average Bonchev–Trinajstić information content (AvgIpc) is 3.28. The van der Waals surface area contributed by atoms with Crippen molar-refractivity contribution in [1.82, 2.24) is 19.4 Å². The normalized spacial score (nSPS) is 14.8. The number of aromatic nitrogens is 4. The topological polar surface area (TPSA) is 81.8 Å². The van der Waals surface area contributed by atoms with Crippen LogP contribution in [0.25, 0.3) is 16.7 Å². The Bertz CT molecular complexity index is 1000. The highest BCUT2D eigenvalue weighted by Crippen LogP contribution is 2.27. The summed E-state index contributed by atoms with van der Waals surface area (Å²) in [5, 5.41) is 4.44. The van der Waals surface area contributed by atoms with E-state index in [1.54, 1.807) is 12.1 Å². The first-order valence-electron chi connectivity index (χ1n) is 8.63. The molecule has 0 unspecified atom stereocenters. The van der Waals surface area contributed by atoms with Gasteiger partial charge in [0.25, 0.3) is 5.56 Å². The molecule has 8 heteroatoms. The highest BCUT2D eigenvalue weighted by molar-refractivity contribution is 5.84. The second-order valence-corrected chi connectivity index (χ2v) is 6.58. The molecule has 0 spiro atoms. The fourth-order valence-corrected chi connectivity index (χ4v) is 3.42. The van der Waals surface area contributed by atoms with Gasteiger partial charge >= 0.3 is 0 Å². The van der Waals surface area contributed by atoms with E-state index in [-0.39, 0.29) is 17.1 Å². The number of halogens is 1. The number of rotatable bonds is 4. The fraction of sp³-hybridized carbons (Fsp3) is 0.333. The smallest absolute Gasteiger partial charge is 0.273 e. The van der Waals surface area contributed by atoms with Gasteiger partial charge in [0.1, 0.15) is 17.5 Å². The maximum atomic E-state index is 13.1. The van der Waals surface area contributed by atoms with E-state index < -0.39 is 5.56 Å². The van der Waals surface area contributed by atoms with Crippen molar-refractivity contribution in [3.63, 3.8) is 0 Å². The minimum atomic E-state index is -0.400. The molecular formula is C18H18FN5O2. The predicted octanol–water partition coefficient (Wildman–Crippen LogP) is 2.37. The zero-order chi connectivity index (χ0) is 18.1. The minimum absolute atomic E-state index is 0.189. The quantitative estimate of drug-likeness (QED) is 0.779. The summed E-state index contributed by atoms with van der Waals surface area (Å²) in [6, 6.07) is 5.73. The third-order valence-electron chi connectivity index (χ3n) is 4.75. The molecule has 0 aliphatic heterocycles. The lowest BCUT2D eigenvalue weighted by Gasteiger charge is -2.11. The summed E-state index contributed by atoms with van der Waals surface area (Å²) in [7, 11) is 0. The predicted molar refractivity (Wildman–Crippen MR) is 94.0 cm³/mol. The zero-order valence-electron chi connectivity index (χ0n) is 14.1. The maximum absolute atomic E-state index is 13.1. The summed E-state index contributed by atoms with van der Waals surface area (Å²) < 4.78 is 15.6. The van der Waals surface area contributed by atoms with Gasteiger partial charge in [-0.1, -0.05) is 12.8 Å². The van der Waals surface area contributed by atoms with Crippen LogP contribution in [0.1, 0.15) is 32.1 Å². The number of hydrogen-bond donors (Lipinski definition) is 1. The Kier molecular flexibility index (Phi) is 4.24. The molecule has 7 nitrogen and oxygen atoms in total. The SMILES string of the molecule is O=C(CC1CCCC1)Nn1cnc2c(cnn2-c2ccc(F)cc2)c1=O. The number of benzene rings is 1. The Labute approximate surface area is 148 Å². The molecule has 1 amide bonds. The first-order valence-corrected chi connectivity index (χ1v) is 8.63. The van der Waals surface area contributed by atoms with Crippen molar-refractivity contribution in [3.05, 3.63) is 53.0 Å². The zero-order valence-corrected chi connectivity index (χ0v) is 14.1. The molecule has 26 heavy (non-hydrogen) atoms. The Morgan fingerprint density at radius 2 is 1.96 bits per heavy atom. The van der Waals surface area contributed by atoms with E-state index in [0.29, 0.717) is 23.7 Å². The number of nitrogens with zero attached hydrogens (tertiary/aromatic N) is 4. The van der Waals surface area contributed by atoms with Gasteiger partial charge in [0.05, 0.1) is 11.9 Å². The molecule has 0 bridgehead atoms. The highest BCUT2D eigenvalue weighted by Gasteiger charge is 2.19. The summed E-state index contributed by atoms with van der Waals surface area (Å²) in [6.45, 7) is 0. The number of hydrogen-bond acceptors (Lipinski definition) is 4. The summed E-state index contributed by atoms with van der Waals surface area (Å²) in [6.07, 6.45) is 7.53. The van der Waals surface area contributed by atoms with Crippen LogP contribution in [0.2, 0.25) is 0 Å². The van der Waals surface area contributed by atoms with Gasteiger partial charge in [-0.2, -0.15) is 5.10 Å². The maximum Gasteiger partial charge on any atom is 0.283 e. The number of amides is 1. The van der Waals surface area contributed by atoms with Crippen LogP contribution in [0, 0.1) is 11.7 Å². The number of carbonyl (C=O) groups excluding carboxylic acids is 1. The van der Waals surface area contributed by atoms with Crippen molar-refractivity contribution >= 4 is 16.9 Å². The van der Waals surface area contributed by atoms with Crippen molar-refractivity contribution in [2.45, 2.75) is 32.1 Å². The van der Waals surface area contributed by atoms with Crippen LogP contribution in [0.3, 0.4) is 0 Å². The van der Waals surface area contributed by atoms with E-state index in [4.69, 9.17) is 0 Å². The van der Waals surface area contributed by atoms with Gasteiger partial charge in [-0.3, -0.25) is 15.0 Å². The lowest BCUT2D eigenvalue weighted by atomic mass is 10.0. The molecule has 1 N–H and O–H groups in total.